The Balaban J connectivity index is 1.87. The number of piperidine rings is 1. The molecule has 1 amide bonds. The highest BCUT2D eigenvalue weighted by atomic mass is 35.5. The Kier molecular flexibility index (Phi) is 5.44. The summed E-state index contributed by atoms with van der Waals surface area (Å²) in [6.07, 6.45) is 2.59. The number of carbonyl (C=O) groups excluding carboxylic acids is 1. The summed E-state index contributed by atoms with van der Waals surface area (Å²) >= 11 is 5.73. The minimum absolute atomic E-state index is 0.163. The van der Waals surface area contributed by atoms with Gasteiger partial charge >= 0.3 is 0 Å². The molecule has 0 spiro atoms. The molecule has 0 bridgehead atoms. The second kappa shape index (κ2) is 7.09. The van der Waals surface area contributed by atoms with Crippen LogP contribution in [0.2, 0.25) is 0 Å². The number of rotatable bonds is 4. The molecule has 1 atom stereocenters. The molecule has 1 heterocycles. The Morgan fingerprint density at radius 2 is 1.95 bits per heavy atom. The van der Waals surface area contributed by atoms with Crippen molar-refractivity contribution in [3.8, 4) is 0 Å². The van der Waals surface area contributed by atoms with E-state index in [0.29, 0.717) is 0 Å². The zero-order valence-electron chi connectivity index (χ0n) is 12.2. The third kappa shape index (κ3) is 4.50. The highest BCUT2D eigenvalue weighted by molar-refractivity contribution is 6.32. The van der Waals surface area contributed by atoms with Crippen LogP contribution in [0.25, 0.3) is 0 Å². The second-order valence-corrected chi connectivity index (χ2v) is 6.42. The van der Waals surface area contributed by atoms with Crippen LogP contribution in [0, 0.1) is 5.92 Å². The van der Waals surface area contributed by atoms with Crippen LogP contribution in [0.5, 0.6) is 0 Å². The van der Waals surface area contributed by atoms with Crippen molar-refractivity contribution in [2.75, 3.05) is 18.4 Å². The SMILES string of the molecule is CC1CCN(Cc2ccc(NC(=O)C(C)Cl)cc2)CC1. The number of benzene rings is 1. The molecular formula is C16H23ClN2O. The molecule has 20 heavy (non-hydrogen) atoms. The van der Waals surface area contributed by atoms with E-state index in [4.69, 9.17) is 11.6 Å². The minimum Gasteiger partial charge on any atom is -0.325 e. The highest BCUT2D eigenvalue weighted by Crippen LogP contribution is 2.19. The molecule has 0 aromatic heterocycles. The summed E-state index contributed by atoms with van der Waals surface area (Å²) in [7, 11) is 0. The number of amides is 1. The first-order valence-electron chi connectivity index (χ1n) is 7.31. The number of likely N-dealkylation sites (tertiary alicyclic amines) is 1. The van der Waals surface area contributed by atoms with E-state index >= 15 is 0 Å². The van der Waals surface area contributed by atoms with E-state index in [2.05, 4.69) is 29.3 Å². The minimum atomic E-state index is -0.509. The van der Waals surface area contributed by atoms with E-state index in [1.54, 1.807) is 6.92 Å². The van der Waals surface area contributed by atoms with Gasteiger partial charge in [0, 0.05) is 12.2 Å². The Morgan fingerprint density at radius 3 is 2.50 bits per heavy atom. The van der Waals surface area contributed by atoms with Crippen molar-refractivity contribution in [2.24, 2.45) is 5.92 Å². The first kappa shape index (κ1) is 15.3. The van der Waals surface area contributed by atoms with Crippen LogP contribution in [0.1, 0.15) is 32.3 Å². The Hall–Kier alpha value is -1.06. The van der Waals surface area contributed by atoms with Crippen LogP contribution < -0.4 is 5.32 Å². The fourth-order valence-corrected chi connectivity index (χ4v) is 2.47. The third-order valence-electron chi connectivity index (χ3n) is 3.87. The largest absolute Gasteiger partial charge is 0.325 e. The lowest BCUT2D eigenvalue weighted by Gasteiger charge is -2.30. The van der Waals surface area contributed by atoms with Crippen LogP contribution >= 0.6 is 11.6 Å². The normalized spacial score (nSPS) is 18.8. The molecule has 3 nitrogen and oxygen atoms in total. The maximum Gasteiger partial charge on any atom is 0.242 e. The van der Waals surface area contributed by atoms with Gasteiger partial charge in [0.05, 0.1) is 0 Å². The summed E-state index contributed by atoms with van der Waals surface area (Å²) < 4.78 is 0. The third-order valence-corrected chi connectivity index (χ3v) is 4.06. The predicted octanol–water partition coefficient (Wildman–Crippen LogP) is 3.48. The van der Waals surface area contributed by atoms with Gasteiger partial charge in [0.1, 0.15) is 5.38 Å². The van der Waals surface area contributed by atoms with Gasteiger partial charge in [-0.1, -0.05) is 19.1 Å². The molecular weight excluding hydrogens is 272 g/mol. The monoisotopic (exact) mass is 294 g/mol. The fourth-order valence-electron chi connectivity index (χ4n) is 2.41. The predicted molar refractivity (Wildman–Crippen MR) is 84.1 cm³/mol. The lowest BCUT2D eigenvalue weighted by Crippen LogP contribution is -2.32. The first-order chi connectivity index (χ1) is 9.54. The molecule has 1 unspecified atom stereocenters. The summed E-state index contributed by atoms with van der Waals surface area (Å²) in [6, 6.07) is 8.04. The van der Waals surface area contributed by atoms with E-state index in [-0.39, 0.29) is 5.91 Å². The van der Waals surface area contributed by atoms with E-state index in [1.807, 2.05) is 12.1 Å². The van der Waals surface area contributed by atoms with Gasteiger partial charge in [0.2, 0.25) is 5.91 Å². The zero-order chi connectivity index (χ0) is 14.5. The number of hydrogen-bond acceptors (Lipinski definition) is 2. The van der Waals surface area contributed by atoms with E-state index in [9.17, 15) is 4.79 Å². The van der Waals surface area contributed by atoms with Crippen LogP contribution in [0.4, 0.5) is 5.69 Å². The highest BCUT2D eigenvalue weighted by Gasteiger charge is 2.15. The standard InChI is InChI=1S/C16H23ClN2O/c1-12-7-9-19(10-8-12)11-14-3-5-15(6-4-14)18-16(20)13(2)17/h3-6,12-13H,7-11H2,1-2H3,(H,18,20). The molecule has 1 aromatic rings. The summed E-state index contributed by atoms with van der Waals surface area (Å²) in [6.45, 7) is 7.36. The Labute approximate surface area is 126 Å². The Morgan fingerprint density at radius 1 is 1.35 bits per heavy atom. The van der Waals surface area contributed by atoms with Gasteiger partial charge in [-0.25, -0.2) is 0 Å². The van der Waals surface area contributed by atoms with Gasteiger partial charge in [-0.05, 0) is 56.5 Å². The van der Waals surface area contributed by atoms with Crippen LogP contribution in [0.15, 0.2) is 24.3 Å². The van der Waals surface area contributed by atoms with Crippen molar-refractivity contribution < 1.29 is 4.79 Å². The summed E-state index contributed by atoms with van der Waals surface area (Å²) in [5.41, 5.74) is 2.09. The van der Waals surface area contributed by atoms with Gasteiger partial charge in [-0.3, -0.25) is 9.69 Å². The number of halogens is 1. The molecule has 0 saturated carbocycles. The van der Waals surface area contributed by atoms with Crippen molar-refractivity contribution in [2.45, 2.75) is 38.6 Å². The summed E-state index contributed by atoms with van der Waals surface area (Å²) in [5.74, 6) is 0.700. The van der Waals surface area contributed by atoms with Gasteiger partial charge in [-0.15, -0.1) is 11.6 Å². The number of carbonyl (C=O) groups is 1. The number of alkyl halides is 1. The lowest BCUT2D eigenvalue weighted by atomic mass is 9.99. The molecule has 1 aromatic carbocycles. The first-order valence-corrected chi connectivity index (χ1v) is 7.74. The molecule has 1 fully saturated rings. The van der Waals surface area contributed by atoms with Gasteiger partial charge in [-0.2, -0.15) is 0 Å². The molecule has 1 N–H and O–H groups in total. The molecule has 4 heteroatoms. The van der Waals surface area contributed by atoms with Gasteiger partial charge in [0.25, 0.3) is 0 Å². The van der Waals surface area contributed by atoms with E-state index in [0.717, 1.165) is 18.2 Å². The molecule has 1 saturated heterocycles. The maximum absolute atomic E-state index is 11.5. The van der Waals surface area contributed by atoms with Gasteiger partial charge < -0.3 is 5.32 Å². The molecule has 1 aliphatic rings. The lowest BCUT2D eigenvalue weighted by molar-refractivity contribution is -0.115. The van der Waals surface area contributed by atoms with Crippen LogP contribution in [0.3, 0.4) is 0 Å². The van der Waals surface area contributed by atoms with E-state index < -0.39 is 5.38 Å². The average molecular weight is 295 g/mol. The fraction of sp³-hybridized carbons (Fsp3) is 0.562. The molecule has 1 aliphatic heterocycles. The van der Waals surface area contributed by atoms with Crippen LogP contribution in [-0.4, -0.2) is 29.3 Å². The summed E-state index contributed by atoms with van der Waals surface area (Å²) in [4.78, 5) is 14.0. The van der Waals surface area contributed by atoms with E-state index in [1.165, 1.54) is 31.5 Å². The summed E-state index contributed by atoms with van der Waals surface area (Å²) in [5, 5.41) is 2.28. The average Bonchev–Trinajstić information content (AvgIpc) is 2.43. The quantitative estimate of drug-likeness (QED) is 0.862. The smallest absolute Gasteiger partial charge is 0.242 e. The number of nitrogens with one attached hydrogen (secondary N) is 1. The topological polar surface area (TPSA) is 32.3 Å². The second-order valence-electron chi connectivity index (χ2n) is 5.76. The number of nitrogens with zero attached hydrogens (tertiary/aromatic N) is 1. The maximum atomic E-state index is 11.5. The molecule has 2 rings (SSSR count). The Bertz CT molecular complexity index is 436. The van der Waals surface area contributed by atoms with Gasteiger partial charge in [0.15, 0.2) is 0 Å². The van der Waals surface area contributed by atoms with Crippen molar-refractivity contribution in [3.05, 3.63) is 29.8 Å². The molecule has 0 radical (unpaired) electrons. The van der Waals surface area contributed by atoms with Crippen LogP contribution in [-0.2, 0) is 11.3 Å². The number of anilines is 1. The number of hydrogen-bond donors (Lipinski definition) is 1. The molecule has 110 valence electrons. The van der Waals surface area contributed by atoms with Crippen molar-refractivity contribution >= 4 is 23.2 Å². The van der Waals surface area contributed by atoms with Crippen molar-refractivity contribution in [1.29, 1.82) is 0 Å². The van der Waals surface area contributed by atoms with Crippen molar-refractivity contribution in [1.82, 2.24) is 4.90 Å². The zero-order valence-corrected chi connectivity index (χ0v) is 13.0. The van der Waals surface area contributed by atoms with Crippen molar-refractivity contribution in [3.63, 3.8) is 0 Å². The molecule has 0 aliphatic carbocycles.